The molecule has 0 radical (unpaired) electrons. The minimum atomic E-state index is 0.0683. The topological polar surface area (TPSA) is 63.5 Å². The van der Waals surface area contributed by atoms with E-state index >= 15 is 0 Å². The van der Waals surface area contributed by atoms with Crippen LogP contribution in [0.2, 0.25) is 0 Å². The van der Waals surface area contributed by atoms with Crippen LogP contribution in [0.3, 0.4) is 0 Å². The number of rotatable bonds is 8. The number of nitrogens with zero attached hydrogens (tertiary/aromatic N) is 3. The summed E-state index contributed by atoms with van der Waals surface area (Å²) in [5.41, 5.74) is 2.50. The summed E-state index contributed by atoms with van der Waals surface area (Å²) in [7, 11) is 1.76. The molecule has 1 atom stereocenters. The van der Waals surface area contributed by atoms with Gasteiger partial charge in [-0.15, -0.1) is 0 Å². The number of imidazole rings is 1. The molecule has 0 bridgehead atoms. The zero-order valence-electron chi connectivity index (χ0n) is 18.1. The van der Waals surface area contributed by atoms with Gasteiger partial charge in [-0.1, -0.05) is 45.0 Å². The maximum Gasteiger partial charge on any atom is 0.191 e. The number of hydrogen-bond donors (Lipinski definition) is 2. The molecule has 6 nitrogen and oxygen atoms in total. The Balaban J connectivity index is 2.02. The van der Waals surface area contributed by atoms with Crippen LogP contribution >= 0.6 is 0 Å². The van der Waals surface area contributed by atoms with Crippen molar-refractivity contribution in [3.05, 3.63) is 53.6 Å². The second-order valence-corrected chi connectivity index (χ2v) is 8.09. The van der Waals surface area contributed by atoms with Crippen LogP contribution in [0.15, 0.2) is 41.7 Å². The van der Waals surface area contributed by atoms with E-state index in [0.717, 1.165) is 24.9 Å². The van der Waals surface area contributed by atoms with Gasteiger partial charge in [0.15, 0.2) is 5.96 Å². The highest BCUT2D eigenvalue weighted by atomic mass is 16.5. The molecular formula is C22H35N5O. The number of methoxy groups -OCH3 is 1. The van der Waals surface area contributed by atoms with E-state index in [9.17, 15) is 0 Å². The van der Waals surface area contributed by atoms with Crippen molar-refractivity contribution in [2.75, 3.05) is 20.2 Å². The van der Waals surface area contributed by atoms with Crippen LogP contribution in [0.5, 0.6) is 0 Å². The van der Waals surface area contributed by atoms with E-state index in [2.05, 4.69) is 72.1 Å². The lowest BCUT2D eigenvalue weighted by Crippen LogP contribution is -2.45. The molecule has 2 rings (SSSR count). The normalized spacial score (nSPS) is 13.4. The smallest absolute Gasteiger partial charge is 0.191 e. The van der Waals surface area contributed by atoms with Crippen LogP contribution in [0.25, 0.3) is 0 Å². The van der Waals surface area contributed by atoms with Crippen molar-refractivity contribution >= 4 is 5.96 Å². The molecule has 1 aromatic heterocycles. The van der Waals surface area contributed by atoms with Gasteiger partial charge in [0.1, 0.15) is 5.82 Å². The SMILES string of the molecule is CCNC(=NCc1cccc(Cn2ccnc2C)c1)NCC(OC)C(C)(C)C. The Morgan fingerprint density at radius 3 is 2.61 bits per heavy atom. The molecule has 1 heterocycles. The Labute approximate surface area is 169 Å². The molecule has 1 aromatic carbocycles. The first kappa shape index (κ1) is 22.0. The lowest BCUT2D eigenvalue weighted by molar-refractivity contribution is 0.0205. The third-order valence-electron chi connectivity index (χ3n) is 4.74. The van der Waals surface area contributed by atoms with E-state index in [-0.39, 0.29) is 11.5 Å². The standard InChI is InChI=1S/C22H35N5O/c1-7-23-21(26-15-20(28-6)22(3,4)5)25-14-18-9-8-10-19(13-18)16-27-12-11-24-17(27)2/h8-13,20H,7,14-16H2,1-6H3,(H2,23,25,26). The van der Waals surface area contributed by atoms with Crippen LogP contribution in [0.4, 0.5) is 0 Å². The minimum absolute atomic E-state index is 0.0683. The Morgan fingerprint density at radius 1 is 1.25 bits per heavy atom. The quantitative estimate of drug-likeness (QED) is 0.540. The van der Waals surface area contributed by atoms with Gasteiger partial charge in [0.2, 0.25) is 0 Å². The summed E-state index contributed by atoms with van der Waals surface area (Å²) in [6.45, 7) is 13.6. The van der Waals surface area contributed by atoms with Crippen LogP contribution < -0.4 is 10.6 Å². The first-order chi connectivity index (χ1) is 13.3. The van der Waals surface area contributed by atoms with Crippen molar-refractivity contribution in [1.82, 2.24) is 20.2 Å². The Hall–Kier alpha value is -2.34. The molecule has 0 saturated heterocycles. The summed E-state index contributed by atoms with van der Waals surface area (Å²) in [4.78, 5) is 9.04. The van der Waals surface area contributed by atoms with Crippen molar-refractivity contribution in [2.24, 2.45) is 10.4 Å². The molecule has 2 aromatic rings. The fourth-order valence-electron chi connectivity index (χ4n) is 3.04. The molecule has 0 fully saturated rings. The largest absolute Gasteiger partial charge is 0.379 e. The van der Waals surface area contributed by atoms with Gasteiger partial charge in [0, 0.05) is 39.1 Å². The van der Waals surface area contributed by atoms with Crippen molar-refractivity contribution in [3.8, 4) is 0 Å². The number of aromatic nitrogens is 2. The second-order valence-electron chi connectivity index (χ2n) is 8.09. The predicted octanol–water partition coefficient (Wildman–Crippen LogP) is 3.36. The third kappa shape index (κ3) is 6.68. The lowest BCUT2D eigenvalue weighted by Gasteiger charge is -2.30. The summed E-state index contributed by atoms with van der Waals surface area (Å²) in [5.74, 6) is 1.83. The summed E-state index contributed by atoms with van der Waals surface area (Å²) in [6, 6.07) is 8.56. The predicted molar refractivity (Wildman–Crippen MR) is 116 cm³/mol. The summed E-state index contributed by atoms with van der Waals surface area (Å²) >= 11 is 0. The fraction of sp³-hybridized carbons (Fsp3) is 0.545. The maximum absolute atomic E-state index is 5.63. The highest BCUT2D eigenvalue weighted by Crippen LogP contribution is 2.20. The van der Waals surface area contributed by atoms with Crippen LogP contribution in [0.1, 0.15) is 44.6 Å². The van der Waals surface area contributed by atoms with Crippen molar-refractivity contribution in [2.45, 2.75) is 53.8 Å². The van der Waals surface area contributed by atoms with Gasteiger partial charge in [-0.2, -0.15) is 0 Å². The van der Waals surface area contributed by atoms with E-state index in [0.29, 0.717) is 13.1 Å². The Kier molecular flexibility index (Phi) is 8.05. The number of guanidine groups is 1. The number of ether oxygens (including phenoxy) is 1. The van der Waals surface area contributed by atoms with Gasteiger partial charge >= 0.3 is 0 Å². The van der Waals surface area contributed by atoms with Gasteiger partial charge in [0.25, 0.3) is 0 Å². The Morgan fingerprint density at radius 2 is 2.00 bits per heavy atom. The minimum Gasteiger partial charge on any atom is -0.379 e. The Bertz CT molecular complexity index is 760. The summed E-state index contributed by atoms with van der Waals surface area (Å²) < 4.78 is 7.77. The van der Waals surface area contributed by atoms with Gasteiger partial charge in [-0.05, 0) is 30.4 Å². The molecule has 28 heavy (non-hydrogen) atoms. The van der Waals surface area contributed by atoms with E-state index in [1.807, 2.05) is 19.3 Å². The molecule has 0 aliphatic rings. The molecule has 0 spiro atoms. The van der Waals surface area contributed by atoms with Gasteiger partial charge in [-0.25, -0.2) is 9.98 Å². The highest BCUT2D eigenvalue weighted by molar-refractivity contribution is 5.79. The number of benzene rings is 1. The average Bonchev–Trinajstić information content (AvgIpc) is 3.04. The van der Waals surface area contributed by atoms with E-state index < -0.39 is 0 Å². The monoisotopic (exact) mass is 385 g/mol. The van der Waals surface area contributed by atoms with Gasteiger partial charge in [-0.3, -0.25) is 0 Å². The van der Waals surface area contributed by atoms with Crippen LogP contribution in [0, 0.1) is 12.3 Å². The lowest BCUT2D eigenvalue weighted by atomic mass is 9.89. The number of hydrogen-bond acceptors (Lipinski definition) is 3. The van der Waals surface area contributed by atoms with E-state index in [1.54, 1.807) is 7.11 Å². The second kappa shape index (κ2) is 10.3. The maximum atomic E-state index is 5.63. The number of aryl methyl sites for hydroxylation is 1. The molecule has 1 unspecified atom stereocenters. The van der Waals surface area contributed by atoms with Crippen LogP contribution in [-0.4, -0.2) is 41.8 Å². The van der Waals surface area contributed by atoms with Gasteiger partial charge < -0.3 is 19.9 Å². The zero-order chi connectivity index (χ0) is 20.6. The van der Waals surface area contributed by atoms with Gasteiger partial charge in [0.05, 0.1) is 12.6 Å². The van der Waals surface area contributed by atoms with Crippen LogP contribution in [-0.2, 0) is 17.8 Å². The molecule has 6 heteroatoms. The highest BCUT2D eigenvalue weighted by Gasteiger charge is 2.24. The van der Waals surface area contributed by atoms with Crippen molar-refractivity contribution in [1.29, 1.82) is 0 Å². The van der Waals surface area contributed by atoms with Crippen molar-refractivity contribution < 1.29 is 4.74 Å². The molecule has 154 valence electrons. The number of aliphatic imine (C=N–C) groups is 1. The van der Waals surface area contributed by atoms with E-state index in [4.69, 9.17) is 9.73 Å². The zero-order valence-corrected chi connectivity index (χ0v) is 18.1. The molecule has 0 saturated carbocycles. The average molecular weight is 386 g/mol. The molecule has 0 aliphatic carbocycles. The first-order valence-electron chi connectivity index (χ1n) is 9.94. The molecule has 0 aliphatic heterocycles. The molecular weight excluding hydrogens is 350 g/mol. The number of nitrogens with one attached hydrogen (secondary N) is 2. The summed E-state index contributed by atoms with van der Waals surface area (Å²) in [5, 5.41) is 6.72. The summed E-state index contributed by atoms with van der Waals surface area (Å²) in [6.07, 6.45) is 3.95. The molecule has 0 amide bonds. The first-order valence-corrected chi connectivity index (χ1v) is 9.94. The van der Waals surface area contributed by atoms with Crippen molar-refractivity contribution in [3.63, 3.8) is 0 Å². The molecule has 2 N–H and O–H groups in total. The third-order valence-corrected chi connectivity index (χ3v) is 4.74. The van der Waals surface area contributed by atoms with E-state index in [1.165, 1.54) is 11.1 Å². The fourth-order valence-corrected chi connectivity index (χ4v) is 3.04.